The smallest absolute Gasteiger partial charge is 0.238 e. The third-order valence-corrected chi connectivity index (χ3v) is 3.96. The molecule has 0 spiro atoms. The second-order valence-corrected chi connectivity index (χ2v) is 5.64. The zero-order chi connectivity index (χ0) is 14.5. The van der Waals surface area contributed by atoms with Gasteiger partial charge in [-0.25, -0.2) is 0 Å². The van der Waals surface area contributed by atoms with Crippen molar-refractivity contribution in [2.75, 3.05) is 25.5 Å². The minimum Gasteiger partial charge on any atom is -0.495 e. The monoisotopic (exact) mass is 296 g/mol. The maximum atomic E-state index is 12.2. The lowest BCUT2D eigenvalue weighted by Gasteiger charge is -2.32. The molecule has 1 aromatic carbocycles. The Balaban J connectivity index is 1.99. The molecule has 0 aromatic heterocycles. The van der Waals surface area contributed by atoms with Crippen LogP contribution in [0.4, 0.5) is 5.69 Å². The Labute approximate surface area is 125 Å². The second-order valence-electron chi connectivity index (χ2n) is 5.21. The van der Waals surface area contributed by atoms with Crippen LogP contribution in [0.25, 0.3) is 0 Å². The van der Waals surface area contributed by atoms with Gasteiger partial charge >= 0.3 is 0 Å². The number of ether oxygens (including phenoxy) is 1. The first-order valence-electron chi connectivity index (χ1n) is 6.97. The van der Waals surface area contributed by atoms with Crippen LogP contribution in [0.5, 0.6) is 5.75 Å². The predicted octanol–water partition coefficient (Wildman–Crippen LogP) is 3.16. The number of carbonyl (C=O) groups excluding carboxylic acids is 1. The summed E-state index contributed by atoms with van der Waals surface area (Å²) in [5.41, 5.74) is 0.620. The summed E-state index contributed by atoms with van der Waals surface area (Å²) in [6.07, 6.45) is 3.58. The fourth-order valence-corrected chi connectivity index (χ4v) is 2.72. The lowest BCUT2D eigenvalue weighted by atomic mass is 10.0. The van der Waals surface area contributed by atoms with E-state index in [4.69, 9.17) is 16.3 Å². The first-order valence-corrected chi connectivity index (χ1v) is 7.35. The highest BCUT2D eigenvalue weighted by molar-refractivity contribution is 6.31. The van der Waals surface area contributed by atoms with Crippen molar-refractivity contribution >= 4 is 23.2 Å². The highest BCUT2D eigenvalue weighted by Crippen LogP contribution is 2.27. The van der Waals surface area contributed by atoms with Gasteiger partial charge in [0.25, 0.3) is 0 Å². The molecule has 110 valence electrons. The van der Waals surface area contributed by atoms with E-state index in [0.717, 1.165) is 19.4 Å². The number of rotatable bonds is 4. The van der Waals surface area contributed by atoms with Gasteiger partial charge in [-0.05, 0) is 44.5 Å². The molecule has 20 heavy (non-hydrogen) atoms. The molecule has 1 unspecified atom stereocenters. The Kier molecular flexibility index (Phi) is 5.26. The summed E-state index contributed by atoms with van der Waals surface area (Å²) in [5, 5.41) is 3.46. The topological polar surface area (TPSA) is 41.6 Å². The maximum Gasteiger partial charge on any atom is 0.238 e. The van der Waals surface area contributed by atoms with Crippen LogP contribution in [0.2, 0.25) is 5.02 Å². The van der Waals surface area contributed by atoms with Crippen LogP contribution < -0.4 is 10.1 Å². The molecular formula is C15H21ClN2O2. The third-order valence-electron chi connectivity index (χ3n) is 3.72. The molecular weight excluding hydrogens is 276 g/mol. The number of hydrogen-bond acceptors (Lipinski definition) is 3. The lowest BCUT2D eigenvalue weighted by Crippen LogP contribution is -2.42. The summed E-state index contributed by atoms with van der Waals surface area (Å²) in [5.74, 6) is 0.591. The van der Waals surface area contributed by atoms with Gasteiger partial charge in [-0.15, -0.1) is 0 Å². The van der Waals surface area contributed by atoms with Crippen molar-refractivity contribution in [3.63, 3.8) is 0 Å². The molecule has 1 fully saturated rings. The van der Waals surface area contributed by atoms with E-state index >= 15 is 0 Å². The van der Waals surface area contributed by atoms with Crippen LogP contribution in [0, 0.1) is 0 Å². The molecule has 1 N–H and O–H groups in total. The molecule has 1 aromatic rings. The van der Waals surface area contributed by atoms with Gasteiger partial charge in [0.1, 0.15) is 5.75 Å². The average molecular weight is 297 g/mol. The summed E-state index contributed by atoms with van der Waals surface area (Å²) in [4.78, 5) is 14.4. The van der Waals surface area contributed by atoms with Crippen molar-refractivity contribution in [3.8, 4) is 5.75 Å². The van der Waals surface area contributed by atoms with Crippen molar-refractivity contribution in [1.82, 2.24) is 4.90 Å². The van der Waals surface area contributed by atoms with Gasteiger partial charge in [0.15, 0.2) is 0 Å². The molecule has 0 saturated carbocycles. The van der Waals surface area contributed by atoms with Crippen molar-refractivity contribution in [3.05, 3.63) is 23.2 Å². The van der Waals surface area contributed by atoms with Crippen molar-refractivity contribution in [2.45, 2.75) is 32.2 Å². The number of nitrogens with one attached hydrogen (secondary N) is 1. The average Bonchev–Trinajstić information content (AvgIpc) is 2.41. The van der Waals surface area contributed by atoms with Crippen molar-refractivity contribution < 1.29 is 9.53 Å². The summed E-state index contributed by atoms with van der Waals surface area (Å²) in [6.45, 7) is 3.57. The number of hydrogen-bond donors (Lipinski definition) is 1. The maximum absolute atomic E-state index is 12.2. The van der Waals surface area contributed by atoms with Crippen LogP contribution >= 0.6 is 11.6 Å². The molecule has 1 atom stereocenters. The van der Waals surface area contributed by atoms with Crippen molar-refractivity contribution in [1.29, 1.82) is 0 Å². The third kappa shape index (κ3) is 3.87. The minimum atomic E-state index is -0.0284. The number of likely N-dealkylation sites (tertiary alicyclic amines) is 1. The first kappa shape index (κ1) is 15.1. The molecule has 1 aliphatic heterocycles. The number of amides is 1. The molecule has 0 aliphatic carbocycles. The molecule has 2 rings (SSSR count). The van der Waals surface area contributed by atoms with E-state index < -0.39 is 0 Å². The lowest BCUT2D eigenvalue weighted by molar-refractivity contribution is -0.118. The molecule has 1 amide bonds. The van der Waals surface area contributed by atoms with Crippen LogP contribution in [-0.2, 0) is 4.79 Å². The van der Waals surface area contributed by atoms with Gasteiger partial charge in [0, 0.05) is 11.1 Å². The zero-order valence-corrected chi connectivity index (χ0v) is 12.7. The van der Waals surface area contributed by atoms with Crippen LogP contribution in [-0.4, -0.2) is 37.0 Å². The summed E-state index contributed by atoms with van der Waals surface area (Å²) in [6, 6.07) is 5.66. The Bertz CT molecular complexity index is 479. The Morgan fingerprint density at radius 3 is 3.00 bits per heavy atom. The quantitative estimate of drug-likeness (QED) is 0.928. The largest absolute Gasteiger partial charge is 0.495 e. The van der Waals surface area contributed by atoms with E-state index in [9.17, 15) is 4.79 Å². The number of benzene rings is 1. The van der Waals surface area contributed by atoms with Gasteiger partial charge in [-0.3, -0.25) is 9.69 Å². The molecule has 0 radical (unpaired) electrons. The fourth-order valence-electron chi connectivity index (χ4n) is 2.54. The van der Waals surface area contributed by atoms with Gasteiger partial charge in [0.05, 0.1) is 19.3 Å². The number of halogens is 1. The molecule has 4 nitrogen and oxygen atoms in total. The zero-order valence-electron chi connectivity index (χ0n) is 12.0. The van der Waals surface area contributed by atoms with E-state index in [-0.39, 0.29) is 5.91 Å². The highest BCUT2D eigenvalue weighted by Gasteiger charge is 2.20. The first-order chi connectivity index (χ1) is 9.60. The number of methoxy groups -OCH3 is 1. The predicted molar refractivity (Wildman–Crippen MR) is 81.5 cm³/mol. The van der Waals surface area contributed by atoms with Crippen LogP contribution in [0.1, 0.15) is 26.2 Å². The van der Waals surface area contributed by atoms with E-state index in [1.165, 1.54) is 6.42 Å². The number of anilines is 1. The van der Waals surface area contributed by atoms with Gasteiger partial charge < -0.3 is 10.1 Å². The van der Waals surface area contributed by atoms with Gasteiger partial charge in [0.2, 0.25) is 5.91 Å². The molecule has 1 heterocycles. The molecule has 5 heteroatoms. The normalized spacial score (nSPS) is 19.6. The standard InChI is InChI=1S/C15H21ClN2O2/c1-11-5-3-4-8-18(11)10-15(19)17-13-9-12(16)6-7-14(13)20-2/h6-7,9,11H,3-5,8,10H2,1-2H3,(H,17,19). The summed E-state index contributed by atoms with van der Waals surface area (Å²) >= 11 is 5.96. The summed E-state index contributed by atoms with van der Waals surface area (Å²) < 4.78 is 5.23. The van der Waals surface area contributed by atoms with E-state index in [0.29, 0.717) is 29.0 Å². The Morgan fingerprint density at radius 1 is 1.50 bits per heavy atom. The minimum absolute atomic E-state index is 0.0284. The van der Waals surface area contributed by atoms with Gasteiger partial charge in [-0.2, -0.15) is 0 Å². The molecule has 1 saturated heterocycles. The van der Waals surface area contributed by atoms with E-state index in [2.05, 4.69) is 17.1 Å². The van der Waals surface area contributed by atoms with Crippen molar-refractivity contribution in [2.24, 2.45) is 0 Å². The second kappa shape index (κ2) is 6.95. The summed E-state index contributed by atoms with van der Waals surface area (Å²) in [7, 11) is 1.58. The number of piperidine rings is 1. The number of carbonyl (C=O) groups is 1. The highest BCUT2D eigenvalue weighted by atomic mass is 35.5. The Morgan fingerprint density at radius 2 is 2.30 bits per heavy atom. The van der Waals surface area contributed by atoms with E-state index in [1.54, 1.807) is 25.3 Å². The van der Waals surface area contributed by atoms with Crippen LogP contribution in [0.15, 0.2) is 18.2 Å². The Hall–Kier alpha value is -1.26. The number of nitrogens with zero attached hydrogens (tertiary/aromatic N) is 1. The van der Waals surface area contributed by atoms with Gasteiger partial charge in [-0.1, -0.05) is 18.0 Å². The van der Waals surface area contributed by atoms with E-state index in [1.807, 2.05) is 0 Å². The van der Waals surface area contributed by atoms with Crippen LogP contribution in [0.3, 0.4) is 0 Å². The fraction of sp³-hybridized carbons (Fsp3) is 0.533. The SMILES string of the molecule is COc1ccc(Cl)cc1NC(=O)CN1CCCCC1C. The molecule has 1 aliphatic rings. The molecule has 0 bridgehead atoms.